The lowest BCUT2D eigenvalue weighted by Gasteiger charge is -2.41. The molecule has 1 aliphatic heterocycles. The van der Waals surface area contributed by atoms with Gasteiger partial charge < -0.3 is 9.64 Å². The number of rotatable bonds is 5. The van der Waals surface area contributed by atoms with Crippen LogP contribution in [-0.2, 0) is 4.74 Å². The van der Waals surface area contributed by atoms with Crippen molar-refractivity contribution in [2.24, 2.45) is 0 Å². The number of piperazine rings is 1. The topological polar surface area (TPSA) is 15.7 Å². The molecule has 1 atom stereocenters. The van der Waals surface area contributed by atoms with E-state index in [4.69, 9.17) is 16.3 Å². The molecule has 1 saturated heterocycles. The van der Waals surface area contributed by atoms with Crippen molar-refractivity contribution in [3.05, 3.63) is 28.8 Å². The van der Waals surface area contributed by atoms with Gasteiger partial charge in [0.05, 0.1) is 6.61 Å². The molecule has 0 unspecified atom stereocenters. The maximum atomic E-state index is 6.42. The van der Waals surface area contributed by atoms with Crippen LogP contribution in [-0.4, -0.2) is 50.8 Å². The Morgan fingerprint density at radius 3 is 2.67 bits per heavy atom. The van der Waals surface area contributed by atoms with Crippen LogP contribution in [0.15, 0.2) is 18.2 Å². The van der Waals surface area contributed by atoms with Gasteiger partial charge in [-0.2, -0.15) is 0 Å². The van der Waals surface area contributed by atoms with Crippen LogP contribution < -0.4 is 4.90 Å². The fraction of sp³-hybridized carbons (Fsp3) is 0.647. The molecule has 1 aromatic rings. The molecule has 0 amide bonds. The van der Waals surface area contributed by atoms with E-state index in [1.165, 1.54) is 11.3 Å². The van der Waals surface area contributed by atoms with Gasteiger partial charge in [-0.1, -0.05) is 31.5 Å². The molecular weight excluding hydrogens is 284 g/mol. The van der Waals surface area contributed by atoms with E-state index in [2.05, 4.69) is 48.8 Å². The quantitative estimate of drug-likeness (QED) is 0.826. The second-order valence-corrected chi connectivity index (χ2v) is 6.59. The first-order chi connectivity index (χ1) is 10.0. The zero-order valence-electron chi connectivity index (χ0n) is 13.6. The average molecular weight is 311 g/mol. The first-order valence-corrected chi connectivity index (χ1v) is 8.18. The summed E-state index contributed by atoms with van der Waals surface area (Å²) in [6.07, 6.45) is 0. The Kier molecular flexibility index (Phi) is 5.91. The predicted octanol–water partition coefficient (Wildman–Crippen LogP) is 3.62. The zero-order valence-corrected chi connectivity index (χ0v) is 14.4. The fourth-order valence-electron chi connectivity index (χ4n) is 2.95. The third-order valence-corrected chi connectivity index (χ3v) is 4.65. The van der Waals surface area contributed by atoms with E-state index in [1.54, 1.807) is 7.11 Å². The lowest BCUT2D eigenvalue weighted by Crippen LogP contribution is -2.52. The lowest BCUT2D eigenvalue weighted by molar-refractivity contribution is 0.117. The van der Waals surface area contributed by atoms with Crippen molar-refractivity contribution in [1.29, 1.82) is 0 Å². The summed E-state index contributed by atoms with van der Waals surface area (Å²) in [5.41, 5.74) is 2.47. The molecule has 3 nitrogen and oxygen atoms in total. The first kappa shape index (κ1) is 16.6. The van der Waals surface area contributed by atoms with Crippen molar-refractivity contribution >= 4 is 17.3 Å². The van der Waals surface area contributed by atoms with Crippen molar-refractivity contribution in [3.8, 4) is 0 Å². The Bertz CT molecular complexity index is 464. The third kappa shape index (κ3) is 4.12. The summed E-state index contributed by atoms with van der Waals surface area (Å²) in [6.45, 7) is 11.6. The monoisotopic (exact) mass is 310 g/mol. The lowest BCUT2D eigenvalue weighted by atomic mass is 10.0. The summed E-state index contributed by atoms with van der Waals surface area (Å²) < 4.78 is 5.18. The third-order valence-electron chi connectivity index (χ3n) is 4.32. The minimum absolute atomic E-state index is 0.469. The molecule has 1 fully saturated rings. The highest BCUT2D eigenvalue weighted by molar-refractivity contribution is 6.31. The Morgan fingerprint density at radius 2 is 2.10 bits per heavy atom. The molecular formula is C17H27ClN2O. The van der Waals surface area contributed by atoms with E-state index < -0.39 is 0 Å². The van der Waals surface area contributed by atoms with E-state index in [-0.39, 0.29) is 0 Å². The van der Waals surface area contributed by atoms with E-state index in [1.807, 2.05) is 0 Å². The molecule has 0 radical (unpaired) electrons. The molecule has 1 aliphatic rings. The molecule has 0 aromatic heterocycles. The van der Waals surface area contributed by atoms with Gasteiger partial charge >= 0.3 is 0 Å². The molecule has 0 saturated carbocycles. The average Bonchev–Trinajstić information content (AvgIpc) is 2.45. The van der Waals surface area contributed by atoms with Crippen LogP contribution >= 0.6 is 11.6 Å². The fourth-order valence-corrected chi connectivity index (χ4v) is 3.34. The van der Waals surface area contributed by atoms with E-state index in [0.717, 1.165) is 37.8 Å². The number of hydrogen-bond acceptors (Lipinski definition) is 3. The van der Waals surface area contributed by atoms with E-state index in [0.29, 0.717) is 12.0 Å². The van der Waals surface area contributed by atoms with Gasteiger partial charge in [-0.3, -0.25) is 4.90 Å². The van der Waals surface area contributed by atoms with Crippen LogP contribution in [0.2, 0.25) is 5.02 Å². The van der Waals surface area contributed by atoms with E-state index >= 15 is 0 Å². The molecule has 118 valence electrons. The summed E-state index contributed by atoms with van der Waals surface area (Å²) >= 11 is 6.42. The van der Waals surface area contributed by atoms with Crippen molar-refractivity contribution in [3.63, 3.8) is 0 Å². The minimum Gasteiger partial charge on any atom is -0.383 e. The summed E-state index contributed by atoms with van der Waals surface area (Å²) in [7, 11) is 1.76. The summed E-state index contributed by atoms with van der Waals surface area (Å²) in [4.78, 5) is 4.92. The number of halogens is 1. The predicted molar refractivity (Wildman–Crippen MR) is 90.7 cm³/mol. The molecule has 0 aliphatic carbocycles. The maximum absolute atomic E-state index is 6.42. The van der Waals surface area contributed by atoms with Crippen LogP contribution in [0.25, 0.3) is 0 Å². The summed E-state index contributed by atoms with van der Waals surface area (Å²) in [5, 5.41) is 0.886. The summed E-state index contributed by atoms with van der Waals surface area (Å²) in [5.74, 6) is 0.469. The number of anilines is 1. The number of ether oxygens (including phenoxy) is 1. The second kappa shape index (κ2) is 7.48. The largest absolute Gasteiger partial charge is 0.383 e. The van der Waals surface area contributed by atoms with Crippen molar-refractivity contribution in [2.75, 3.05) is 44.8 Å². The van der Waals surface area contributed by atoms with Gasteiger partial charge in [0.15, 0.2) is 0 Å². The van der Waals surface area contributed by atoms with Gasteiger partial charge in [0.1, 0.15) is 0 Å². The van der Waals surface area contributed by atoms with Gasteiger partial charge in [0.25, 0.3) is 0 Å². The summed E-state index contributed by atoms with van der Waals surface area (Å²) in [6, 6.07) is 7.04. The van der Waals surface area contributed by atoms with Crippen LogP contribution in [0.3, 0.4) is 0 Å². The number of methoxy groups -OCH3 is 1. The SMILES string of the molecule is COCCN1CCN(c2ccc(C(C)C)c(Cl)c2)C[C@H]1C. The highest BCUT2D eigenvalue weighted by Crippen LogP contribution is 2.29. The van der Waals surface area contributed by atoms with Gasteiger partial charge in [-0.15, -0.1) is 0 Å². The highest BCUT2D eigenvalue weighted by Gasteiger charge is 2.23. The van der Waals surface area contributed by atoms with Gasteiger partial charge in [0, 0.05) is 50.0 Å². The minimum atomic E-state index is 0.469. The van der Waals surface area contributed by atoms with Crippen molar-refractivity contribution in [1.82, 2.24) is 4.90 Å². The van der Waals surface area contributed by atoms with Crippen molar-refractivity contribution in [2.45, 2.75) is 32.7 Å². The molecule has 0 bridgehead atoms. The Balaban J connectivity index is 2.02. The van der Waals surface area contributed by atoms with Gasteiger partial charge in [-0.05, 0) is 30.5 Å². The molecule has 21 heavy (non-hydrogen) atoms. The Labute approximate surface area is 133 Å². The molecule has 0 spiro atoms. The van der Waals surface area contributed by atoms with Gasteiger partial charge in [0.2, 0.25) is 0 Å². The highest BCUT2D eigenvalue weighted by atomic mass is 35.5. The van der Waals surface area contributed by atoms with Crippen LogP contribution in [0.4, 0.5) is 5.69 Å². The smallest absolute Gasteiger partial charge is 0.0589 e. The molecule has 1 heterocycles. The normalized spacial score (nSPS) is 20.3. The van der Waals surface area contributed by atoms with Crippen LogP contribution in [0.5, 0.6) is 0 Å². The number of hydrogen-bond donors (Lipinski definition) is 0. The van der Waals surface area contributed by atoms with Crippen molar-refractivity contribution < 1.29 is 4.74 Å². The Hall–Kier alpha value is -0.770. The number of benzene rings is 1. The molecule has 0 N–H and O–H groups in total. The second-order valence-electron chi connectivity index (χ2n) is 6.18. The van der Waals surface area contributed by atoms with Crippen LogP contribution in [0, 0.1) is 0 Å². The van der Waals surface area contributed by atoms with Gasteiger partial charge in [-0.25, -0.2) is 0 Å². The molecule has 2 rings (SSSR count). The van der Waals surface area contributed by atoms with E-state index in [9.17, 15) is 0 Å². The van der Waals surface area contributed by atoms with Crippen LogP contribution in [0.1, 0.15) is 32.3 Å². The first-order valence-electron chi connectivity index (χ1n) is 7.80. The maximum Gasteiger partial charge on any atom is 0.0589 e. The zero-order chi connectivity index (χ0) is 15.4. The molecule has 4 heteroatoms. The standard InChI is InChI=1S/C17H27ClN2O/c1-13(2)16-6-5-15(11-17(16)18)20-8-7-19(9-10-21-4)14(3)12-20/h5-6,11,13-14H,7-10,12H2,1-4H3/t14-/m1/s1. The Morgan fingerprint density at radius 1 is 1.33 bits per heavy atom. The molecule has 1 aromatic carbocycles. The number of nitrogens with zero attached hydrogens (tertiary/aromatic N) is 2.